The van der Waals surface area contributed by atoms with Crippen molar-refractivity contribution in [3.05, 3.63) is 58.1 Å². The molecule has 0 bridgehead atoms. The fourth-order valence-corrected chi connectivity index (χ4v) is 3.09. The van der Waals surface area contributed by atoms with Crippen molar-refractivity contribution < 1.29 is 19.2 Å². The molecule has 8 heteroatoms. The van der Waals surface area contributed by atoms with Crippen LogP contribution in [-0.2, 0) is 9.59 Å². The van der Waals surface area contributed by atoms with Gasteiger partial charge in [0.2, 0.25) is 11.8 Å². The van der Waals surface area contributed by atoms with Crippen molar-refractivity contribution >= 4 is 28.9 Å². The zero-order valence-corrected chi connectivity index (χ0v) is 15.0. The molecule has 1 N–H and O–H groups in total. The number of benzene rings is 2. The molecule has 0 aromatic heterocycles. The zero-order valence-electron chi connectivity index (χ0n) is 15.0. The molecule has 8 nitrogen and oxygen atoms in total. The third-order valence-electron chi connectivity index (χ3n) is 4.64. The van der Waals surface area contributed by atoms with Gasteiger partial charge in [-0.15, -0.1) is 0 Å². The van der Waals surface area contributed by atoms with Crippen LogP contribution in [0.25, 0.3) is 0 Å². The number of carbonyl (C=O) groups is 2. The van der Waals surface area contributed by atoms with Crippen LogP contribution in [0.5, 0.6) is 5.75 Å². The minimum Gasteiger partial charge on any atom is -0.497 e. The molecule has 2 aromatic rings. The molecule has 1 heterocycles. The largest absolute Gasteiger partial charge is 0.497 e. The van der Waals surface area contributed by atoms with Crippen LogP contribution in [0.2, 0.25) is 0 Å². The highest BCUT2D eigenvalue weighted by molar-refractivity contribution is 6.03. The highest BCUT2D eigenvalue weighted by Crippen LogP contribution is 2.29. The van der Waals surface area contributed by atoms with E-state index in [0.717, 1.165) is 0 Å². The number of nitrogens with zero attached hydrogens (tertiary/aromatic N) is 2. The van der Waals surface area contributed by atoms with Gasteiger partial charge in [-0.25, -0.2) is 0 Å². The van der Waals surface area contributed by atoms with Crippen molar-refractivity contribution in [3.8, 4) is 5.75 Å². The third-order valence-corrected chi connectivity index (χ3v) is 4.64. The van der Waals surface area contributed by atoms with Gasteiger partial charge in [0.15, 0.2) is 0 Å². The van der Waals surface area contributed by atoms with Crippen LogP contribution in [0.1, 0.15) is 12.0 Å². The van der Waals surface area contributed by atoms with Crippen molar-refractivity contribution in [2.24, 2.45) is 5.92 Å². The summed E-state index contributed by atoms with van der Waals surface area (Å²) >= 11 is 0. The van der Waals surface area contributed by atoms with Gasteiger partial charge in [-0.3, -0.25) is 19.7 Å². The lowest BCUT2D eigenvalue weighted by molar-refractivity contribution is -0.385. The maximum absolute atomic E-state index is 12.6. The normalized spacial score (nSPS) is 16.3. The van der Waals surface area contributed by atoms with Crippen LogP contribution in [0.15, 0.2) is 42.5 Å². The first-order valence-corrected chi connectivity index (χ1v) is 8.40. The van der Waals surface area contributed by atoms with Crippen molar-refractivity contribution in [3.63, 3.8) is 0 Å². The number of anilines is 2. The number of hydrogen-bond acceptors (Lipinski definition) is 5. The Labute approximate surface area is 155 Å². The predicted molar refractivity (Wildman–Crippen MR) is 99.9 cm³/mol. The smallest absolute Gasteiger partial charge is 0.274 e. The number of rotatable bonds is 5. The molecule has 2 aromatic carbocycles. The second-order valence-electron chi connectivity index (χ2n) is 6.30. The van der Waals surface area contributed by atoms with E-state index in [1.165, 1.54) is 12.1 Å². The number of amides is 2. The number of nitrogens with one attached hydrogen (secondary N) is 1. The first kappa shape index (κ1) is 18.4. The summed E-state index contributed by atoms with van der Waals surface area (Å²) in [6, 6.07) is 11.5. The van der Waals surface area contributed by atoms with Crippen LogP contribution in [0, 0.1) is 23.0 Å². The fourth-order valence-electron chi connectivity index (χ4n) is 3.09. The average molecular weight is 369 g/mol. The molecule has 2 amide bonds. The van der Waals surface area contributed by atoms with E-state index < -0.39 is 10.8 Å². The summed E-state index contributed by atoms with van der Waals surface area (Å²) in [6.45, 7) is 1.84. The number of ether oxygens (including phenoxy) is 1. The molecule has 1 aliphatic heterocycles. The Bertz CT molecular complexity index is 895. The Balaban J connectivity index is 1.72. The van der Waals surface area contributed by atoms with Gasteiger partial charge >= 0.3 is 0 Å². The zero-order chi connectivity index (χ0) is 19.6. The van der Waals surface area contributed by atoms with Gasteiger partial charge in [-0.05, 0) is 37.3 Å². The van der Waals surface area contributed by atoms with Crippen LogP contribution >= 0.6 is 0 Å². The highest BCUT2D eigenvalue weighted by atomic mass is 16.6. The predicted octanol–water partition coefficient (Wildman–Crippen LogP) is 2.90. The number of methoxy groups -OCH3 is 1. The number of hydrogen-bond donors (Lipinski definition) is 1. The molecular weight excluding hydrogens is 350 g/mol. The van der Waals surface area contributed by atoms with Crippen LogP contribution in [0.4, 0.5) is 17.1 Å². The Hall–Kier alpha value is -3.42. The summed E-state index contributed by atoms with van der Waals surface area (Å²) in [6.07, 6.45) is 0.0891. The quantitative estimate of drug-likeness (QED) is 0.645. The summed E-state index contributed by atoms with van der Waals surface area (Å²) in [7, 11) is 1.56. The van der Waals surface area contributed by atoms with Gasteiger partial charge in [0.25, 0.3) is 5.69 Å². The van der Waals surface area contributed by atoms with Crippen LogP contribution < -0.4 is 15.0 Å². The maximum Gasteiger partial charge on any atom is 0.274 e. The minimum atomic E-state index is -0.529. The molecule has 3 rings (SSSR count). The summed E-state index contributed by atoms with van der Waals surface area (Å²) in [4.78, 5) is 37.0. The minimum absolute atomic E-state index is 0.0600. The molecule has 1 atom stereocenters. The van der Waals surface area contributed by atoms with Crippen molar-refractivity contribution in [1.29, 1.82) is 0 Å². The Kier molecular flexibility index (Phi) is 5.07. The van der Waals surface area contributed by atoms with Crippen molar-refractivity contribution in [2.45, 2.75) is 13.3 Å². The maximum atomic E-state index is 12.6. The van der Waals surface area contributed by atoms with E-state index in [-0.39, 0.29) is 30.5 Å². The molecule has 0 saturated carbocycles. The first-order valence-electron chi connectivity index (χ1n) is 8.40. The molecule has 0 radical (unpaired) electrons. The van der Waals surface area contributed by atoms with Crippen molar-refractivity contribution in [2.75, 3.05) is 23.9 Å². The Morgan fingerprint density at radius 2 is 1.96 bits per heavy atom. The average Bonchev–Trinajstić information content (AvgIpc) is 3.05. The lowest BCUT2D eigenvalue weighted by atomic mass is 10.1. The molecule has 1 saturated heterocycles. The van der Waals surface area contributed by atoms with Crippen LogP contribution in [-0.4, -0.2) is 30.4 Å². The van der Waals surface area contributed by atoms with E-state index in [1.807, 2.05) is 0 Å². The standard InChI is InChI=1S/C19H19N3O5/c1-12-16(4-3-5-17(12)22(25)26)20-19(24)13-10-18(23)21(11-13)14-6-8-15(27-2)9-7-14/h3-9,13H,10-11H2,1-2H3,(H,20,24)/t13-/m0/s1. The second-order valence-corrected chi connectivity index (χ2v) is 6.30. The number of carbonyl (C=O) groups excluding carboxylic acids is 2. The molecule has 140 valence electrons. The van der Waals surface area contributed by atoms with E-state index in [2.05, 4.69) is 5.32 Å². The molecule has 1 fully saturated rings. The lowest BCUT2D eigenvalue weighted by Gasteiger charge is -2.17. The monoisotopic (exact) mass is 369 g/mol. The summed E-state index contributed by atoms with van der Waals surface area (Å²) < 4.78 is 5.11. The van der Waals surface area contributed by atoms with Gasteiger partial charge in [0.05, 0.1) is 29.2 Å². The number of nitro benzene ring substituents is 1. The Morgan fingerprint density at radius 1 is 1.26 bits per heavy atom. The SMILES string of the molecule is COc1ccc(N2C[C@@H](C(=O)Nc3cccc([N+](=O)[O-])c3C)CC2=O)cc1. The summed E-state index contributed by atoms with van der Waals surface area (Å²) in [5.41, 5.74) is 1.40. The molecule has 27 heavy (non-hydrogen) atoms. The van der Waals surface area contributed by atoms with Gasteiger partial charge in [-0.1, -0.05) is 6.07 Å². The first-order chi connectivity index (χ1) is 12.9. The molecular formula is C19H19N3O5. The van der Waals surface area contributed by atoms with Crippen molar-refractivity contribution in [1.82, 2.24) is 0 Å². The van der Waals surface area contributed by atoms with Gasteiger partial charge in [0.1, 0.15) is 5.75 Å². The highest BCUT2D eigenvalue weighted by Gasteiger charge is 2.35. The van der Waals surface area contributed by atoms with Gasteiger partial charge in [0, 0.05) is 24.7 Å². The lowest BCUT2D eigenvalue weighted by Crippen LogP contribution is -2.28. The van der Waals surface area contributed by atoms with E-state index in [0.29, 0.717) is 22.7 Å². The molecule has 0 unspecified atom stereocenters. The van der Waals surface area contributed by atoms with E-state index in [9.17, 15) is 19.7 Å². The van der Waals surface area contributed by atoms with E-state index in [1.54, 1.807) is 49.3 Å². The Morgan fingerprint density at radius 3 is 2.59 bits per heavy atom. The van der Waals surface area contributed by atoms with Gasteiger partial charge < -0.3 is 15.0 Å². The number of nitro groups is 1. The van der Waals surface area contributed by atoms with E-state index in [4.69, 9.17) is 4.74 Å². The molecule has 0 aliphatic carbocycles. The fraction of sp³-hybridized carbons (Fsp3) is 0.263. The second kappa shape index (κ2) is 7.45. The van der Waals surface area contributed by atoms with Crippen LogP contribution in [0.3, 0.4) is 0 Å². The summed E-state index contributed by atoms with van der Waals surface area (Å²) in [5.74, 6) is -0.321. The summed E-state index contributed by atoms with van der Waals surface area (Å²) in [5, 5.41) is 13.8. The molecule has 1 aliphatic rings. The van der Waals surface area contributed by atoms with E-state index >= 15 is 0 Å². The van der Waals surface area contributed by atoms with Gasteiger partial charge in [-0.2, -0.15) is 0 Å². The molecule has 0 spiro atoms. The third kappa shape index (κ3) is 3.74. The topological polar surface area (TPSA) is 102 Å².